The van der Waals surface area contributed by atoms with Crippen LogP contribution in [0, 0.1) is 11.6 Å². The van der Waals surface area contributed by atoms with E-state index in [1.54, 1.807) is 0 Å². The third-order valence-electron chi connectivity index (χ3n) is 1.76. The van der Waals surface area contributed by atoms with Crippen molar-refractivity contribution in [3.63, 3.8) is 0 Å². The lowest BCUT2D eigenvalue weighted by atomic mass is 10.2. The first kappa shape index (κ1) is 11.2. The average Bonchev–Trinajstić information content (AvgIpc) is 2.17. The van der Waals surface area contributed by atoms with E-state index < -0.39 is 29.3 Å². The Labute approximate surface area is 85.0 Å². The minimum atomic E-state index is -1.26. The topological polar surface area (TPSA) is 49.3 Å². The van der Waals surface area contributed by atoms with Gasteiger partial charge >= 0.3 is 5.97 Å². The molecule has 3 nitrogen and oxygen atoms in total. The number of anilines is 1. The highest BCUT2D eigenvalue weighted by Gasteiger charge is 2.17. The number of aliphatic carboxylic acids is 1. The summed E-state index contributed by atoms with van der Waals surface area (Å²) in [6.45, 7) is 3.25. The number of para-hydroxylation sites is 1. The molecule has 0 saturated heterocycles. The first-order valence-corrected chi connectivity index (χ1v) is 4.12. The number of halogens is 2. The summed E-state index contributed by atoms with van der Waals surface area (Å²) in [4.78, 5) is 10.6. The van der Waals surface area contributed by atoms with E-state index in [0.717, 1.165) is 18.2 Å². The van der Waals surface area contributed by atoms with E-state index in [1.165, 1.54) is 6.07 Å². The lowest BCUT2D eigenvalue weighted by Gasteiger charge is -2.12. The van der Waals surface area contributed by atoms with Crippen molar-refractivity contribution >= 4 is 11.7 Å². The standard InChI is InChI=1S/C10H9F2NO2/c1-2-8(10(14)15)13-9-6(11)4-3-5-7(9)12/h2-5,8,13H,1H2,(H,14,15). The quantitative estimate of drug-likeness (QED) is 0.752. The van der Waals surface area contributed by atoms with Gasteiger partial charge in [0, 0.05) is 0 Å². The van der Waals surface area contributed by atoms with Gasteiger partial charge in [-0.25, -0.2) is 13.6 Å². The van der Waals surface area contributed by atoms with Gasteiger partial charge in [-0.15, -0.1) is 6.58 Å². The van der Waals surface area contributed by atoms with Crippen LogP contribution in [-0.2, 0) is 4.79 Å². The fourth-order valence-corrected chi connectivity index (χ4v) is 1.01. The maximum Gasteiger partial charge on any atom is 0.330 e. The second kappa shape index (κ2) is 4.54. The largest absolute Gasteiger partial charge is 0.479 e. The van der Waals surface area contributed by atoms with E-state index in [-0.39, 0.29) is 0 Å². The molecule has 0 saturated carbocycles. The molecule has 1 aromatic rings. The van der Waals surface area contributed by atoms with Crippen LogP contribution < -0.4 is 5.32 Å². The molecule has 80 valence electrons. The van der Waals surface area contributed by atoms with E-state index >= 15 is 0 Å². The van der Waals surface area contributed by atoms with Crippen LogP contribution >= 0.6 is 0 Å². The Bertz CT molecular complexity index is 373. The van der Waals surface area contributed by atoms with Crippen molar-refractivity contribution in [3.8, 4) is 0 Å². The molecule has 0 aromatic heterocycles. The highest BCUT2D eigenvalue weighted by molar-refractivity contribution is 5.79. The Balaban J connectivity index is 2.97. The summed E-state index contributed by atoms with van der Waals surface area (Å²) in [7, 11) is 0. The summed E-state index contributed by atoms with van der Waals surface area (Å²) in [6, 6.07) is 2.04. The van der Waals surface area contributed by atoms with E-state index in [1.807, 2.05) is 0 Å². The van der Waals surface area contributed by atoms with Crippen molar-refractivity contribution in [2.24, 2.45) is 0 Å². The van der Waals surface area contributed by atoms with Crippen LogP contribution in [0.2, 0.25) is 0 Å². The van der Waals surface area contributed by atoms with Crippen molar-refractivity contribution in [1.29, 1.82) is 0 Å². The zero-order valence-corrected chi connectivity index (χ0v) is 7.71. The number of benzene rings is 1. The number of carboxylic acid groups (broad SMARTS) is 1. The molecule has 0 aliphatic carbocycles. The molecule has 0 aliphatic rings. The van der Waals surface area contributed by atoms with Crippen molar-refractivity contribution in [2.45, 2.75) is 6.04 Å². The van der Waals surface area contributed by atoms with Crippen molar-refractivity contribution in [1.82, 2.24) is 0 Å². The van der Waals surface area contributed by atoms with Gasteiger partial charge in [-0.05, 0) is 12.1 Å². The van der Waals surface area contributed by atoms with E-state index in [9.17, 15) is 13.6 Å². The van der Waals surface area contributed by atoms with Crippen LogP contribution in [0.15, 0.2) is 30.9 Å². The summed E-state index contributed by atoms with van der Waals surface area (Å²) in [5.41, 5.74) is -0.468. The molecular weight excluding hydrogens is 204 g/mol. The molecule has 1 unspecified atom stereocenters. The highest BCUT2D eigenvalue weighted by atomic mass is 19.1. The molecule has 15 heavy (non-hydrogen) atoms. The smallest absolute Gasteiger partial charge is 0.330 e. The Kier molecular flexibility index (Phi) is 3.38. The maximum absolute atomic E-state index is 13.1. The second-order valence-electron chi connectivity index (χ2n) is 2.79. The van der Waals surface area contributed by atoms with Crippen LogP contribution in [0.5, 0.6) is 0 Å². The van der Waals surface area contributed by atoms with Gasteiger partial charge in [0.1, 0.15) is 23.4 Å². The van der Waals surface area contributed by atoms with Crippen LogP contribution in [0.25, 0.3) is 0 Å². The molecule has 0 amide bonds. The van der Waals surface area contributed by atoms with Gasteiger partial charge in [0.25, 0.3) is 0 Å². The monoisotopic (exact) mass is 213 g/mol. The van der Waals surface area contributed by atoms with Crippen LogP contribution in [0.1, 0.15) is 0 Å². The molecule has 1 atom stereocenters. The third-order valence-corrected chi connectivity index (χ3v) is 1.76. The highest BCUT2D eigenvalue weighted by Crippen LogP contribution is 2.19. The van der Waals surface area contributed by atoms with Gasteiger partial charge in [-0.3, -0.25) is 0 Å². The Morgan fingerprint density at radius 3 is 2.40 bits per heavy atom. The SMILES string of the molecule is C=CC(Nc1c(F)cccc1F)C(=O)O. The molecule has 0 fully saturated rings. The van der Waals surface area contributed by atoms with Gasteiger partial charge in [0.15, 0.2) is 0 Å². The fourth-order valence-electron chi connectivity index (χ4n) is 1.01. The van der Waals surface area contributed by atoms with Gasteiger partial charge in [-0.1, -0.05) is 12.1 Å². The molecule has 0 spiro atoms. The summed E-state index contributed by atoms with van der Waals surface area (Å²) in [6.07, 6.45) is 1.05. The second-order valence-corrected chi connectivity index (χ2v) is 2.79. The number of nitrogens with one attached hydrogen (secondary N) is 1. The zero-order valence-electron chi connectivity index (χ0n) is 7.71. The number of hydrogen-bond donors (Lipinski definition) is 2. The van der Waals surface area contributed by atoms with E-state index in [0.29, 0.717) is 0 Å². The molecule has 1 aromatic carbocycles. The molecule has 5 heteroatoms. The molecule has 0 aliphatic heterocycles. The van der Waals surface area contributed by atoms with Gasteiger partial charge in [0.05, 0.1) is 0 Å². The van der Waals surface area contributed by atoms with Crippen molar-refractivity contribution in [3.05, 3.63) is 42.5 Å². The van der Waals surface area contributed by atoms with E-state index in [2.05, 4.69) is 11.9 Å². The number of carboxylic acids is 1. The lowest BCUT2D eigenvalue weighted by Crippen LogP contribution is -2.27. The van der Waals surface area contributed by atoms with Crippen molar-refractivity contribution in [2.75, 3.05) is 5.32 Å². The van der Waals surface area contributed by atoms with Crippen LogP contribution in [-0.4, -0.2) is 17.1 Å². The van der Waals surface area contributed by atoms with E-state index in [4.69, 9.17) is 5.11 Å². The lowest BCUT2D eigenvalue weighted by molar-refractivity contribution is -0.136. The number of hydrogen-bond acceptors (Lipinski definition) is 2. The summed E-state index contributed by atoms with van der Waals surface area (Å²) in [5.74, 6) is -2.95. The molecule has 0 heterocycles. The Morgan fingerprint density at radius 1 is 1.47 bits per heavy atom. The summed E-state index contributed by atoms with van der Waals surface area (Å²) >= 11 is 0. The third kappa shape index (κ3) is 2.52. The minimum Gasteiger partial charge on any atom is -0.479 e. The molecule has 1 rings (SSSR count). The minimum absolute atomic E-state index is 0.468. The molecule has 0 bridgehead atoms. The summed E-state index contributed by atoms with van der Waals surface area (Å²) < 4.78 is 26.2. The first-order chi connectivity index (χ1) is 7.06. The Morgan fingerprint density at radius 2 is 2.00 bits per heavy atom. The number of carbonyl (C=O) groups is 1. The van der Waals surface area contributed by atoms with Crippen LogP contribution in [0.3, 0.4) is 0 Å². The van der Waals surface area contributed by atoms with Gasteiger partial charge < -0.3 is 10.4 Å². The normalized spacial score (nSPS) is 11.9. The predicted molar refractivity (Wildman–Crippen MR) is 51.6 cm³/mol. The first-order valence-electron chi connectivity index (χ1n) is 4.12. The zero-order chi connectivity index (χ0) is 11.4. The average molecular weight is 213 g/mol. The molecule has 2 N–H and O–H groups in total. The van der Waals surface area contributed by atoms with Gasteiger partial charge in [-0.2, -0.15) is 0 Å². The fraction of sp³-hybridized carbons (Fsp3) is 0.100. The molecular formula is C10H9F2NO2. The summed E-state index contributed by atoms with van der Waals surface area (Å²) in [5, 5.41) is 10.8. The Hall–Kier alpha value is -1.91. The van der Waals surface area contributed by atoms with Crippen molar-refractivity contribution < 1.29 is 18.7 Å². The van der Waals surface area contributed by atoms with Gasteiger partial charge in [0.2, 0.25) is 0 Å². The predicted octanol–water partition coefficient (Wildman–Crippen LogP) is 2.02. The maximum atomic E-state index is 13.1. The number of rotatable bonds is 4. The molecule has 0 radical (unpaired) electrons. The van der Waals surface area contributed by atoms with Crippen LogP contribution in [0.4, 0.5) is 14.5 Å².